The summed E-state index contributed by atoms with van der Waals surface area (Å²) < 4.78 is 0. The maximum Gasteiger partial charge on any atom is 0.00590 e. The van der Waals surface area contributed by atoms with E-state index in [9.17, 15) is 0 Å². The molecule has 0 radical (unpaired) electrons. The molecule has 0 aliphatic heterocycles. The van der Waals surface area contributed by atoms with Gasteiger partial charge in [0.25, 0.3) is 0 Å². The van der Waals surface area contributed by atoms with Crippen molar-refractivity contribution in [2.75, 3.05) is 6.26 Å². The largest absolute Gasteiger partial charge is 0.328 e. The van der Waals surface area contributed by atoms with Crippen LogP contribution in [0.2, 0.25) is 0 Å². The molecule has 54 valence electrons. The Morgan fingerprint density at radius 3 is 2.67 bits per heavy atom. The van der Waals surface area contributed by atoms with E-state index in [1.165, 1.54) is 25.7 Å². The maximum atomic E-state index is 5.79. The summed E-state index contributed by atoms with van der Waals surface area (Å²) in [6.45, 7) is 0. The Hall–Kier alpha value is 0.310. The highest BCUT2D eigenvalue weighted by Gasteiger charge is 2.17. The van der Waals surface area contributed by atoms with Crippen LogP contribution in [0.15, 0.2) is 0 Å². The van der Waals surface area contributed by atoms with Crippen LogP contribution in [0.1, 0.15) is 25.7 Å². The minimum Gasteiger partial charge on any atom is -0.328 e. The summed E-state index contributed by atoms with van der Waals surface area (Å²) in [7, 11) is 0. The van der Waals surface area contributed by atoms with E-state index in [0.29, 0.717) is 6.04 Å². The van der Waals surface area contributed by atoms with Gasteiger partial charge in [-0.3, -0.25) is 0 Å². The van der Waals surface area contributed by atoms with Crippen LogP contribution in [-0.2, 0) is 0 Å². The van der Waals surface area contributed by atoms with Gasteiger partial charge in [0.15, 0.2) is 0 Å². The molecule has 0 amide bonds. The maximum absolute atomic E-state index is 5.79. The van der Waals surface area contributed by atoms with Gasteiger partial charge in [-0.15, -0.1) is 0 Å². The first-order chi connectivity index (χ1) is 4.33. The monoisotopic (exact) mass is 145 g/mol. The van der Waals surface area contributed by atoms with Crippen molar-refractivity contribution in [2.24, 2.45) is 5.73 Å². The molecule has 1 nitrogen and oxygen atoms in total. The zero-order valence-corrected chi connectivity index (χ0v) is 6.79. The molecule has 1 saturated carbocycles. The van der Waals surface area contributed by atoms with Crippen LogP contribution < -0.4 is 5.73 Å². The van der Waals surface area contributed by atoms with Crippen molar-refractivity contribution in [3.05, 3.63) is 0 Å². The first-order valence-corrected chi connectivity index (χ1v) is 4.90. The standard InChI is InChI=1S/C7H15NS/c1-9-7-4-2-3-6(8)5-7/h6-7H,2-5,8H2,1H3/t6-,7+/m1/s1. The zero-order valence-electron chi connectivity index (χ0n) is 5.97. The molecule has 0 unspecified atom stereocenters. The second-order valence-electron chi connectivity index (χ2n) is 2.78. The average Bonchev–Trinajstić information content (AvgIpc) is 1.88. The lowest BCUT2D eigenvalue weighted by Gasteiger charge is -2.24. The van der Waals surface area contributed by atoms with Gasteiger partial charge in [-0.2, -0.15) is 11.8 Å². The van der Waals surface area contributed by atoms with Crippen molar-refractivity contribution >= 4 is 11.8 Å². The fourth-order valence-corrected chi connectivity index (χ4v) is 2.24. The molecule has 0 bridgehead atoms. The molecule has 1 aliphatic rings. The van der Waals surface area contributed by atoms with Gasteiger partial charge in [0.1, 0.15) is 0 Å². The van der Waals surface area contributed by atoms with E-state index in [1.54, 1.807) is 0 Å². The van der Waals surface area contributed by atoms with Gasteiger partial charge in [0, 0.05) is 11.3 Å². The van der Waals surface area contributed by atoms with Crippen molar-refractivity contribution in [3.63, 3.8) is 0 Å². The second kappa shape index (κ2) is 3.47. The summed E-state index contributed by atoms with van der Waals surface area (Å²) in [5.74, 6) is 0. The van der Waals surface area contributed by atoms with Crippen molar-refractivity contribution in [2.45, 2.75) is 37.0 Å². The summed E-state index contributed by atoms with van der Waals surface area (Å²) >= 11 is 1.97. The molecule has 0 saturated heterocycles. The van der Waals surface area contributed by atoms with E-state index in [1.807, 2.05) is 11.8 Å². The molecule has 0 heterocycles. The third-order valence-electron chi connectivity index (χ3n) is 2.00. The fourth-order valence-electron chi connectivity index (χ4n) is 1.40. The molecule has 2 atom stereocenters. The Labute approximate surface area is 61.4 Å². The van der Waals surface area contributed by atoms with Crippen LogP contribution in [0.5, 0.6) is 0 Å². The first-order valence-electron chi connectivity index (χ1n) is 3.61. The van der Waals surface area contributed by atoms with Gasteiger partial charge in [-0.05, 0) is 25.5 Å². The first kappa shape index (κ1) is 7.42. The van der Waals surface area contributed by atoms with Crippen LogP contribution in [0.25, 0.3) is 0 Å². The van der Waals surface area contributed by atoms with Gasteiger partial charge in [0.05, 0.1) is 0 Å². The van der Waals surface area contributed by atoms with Gasteiger partial charge in [-0.25, -0.2) is 0 Å². The lowest BCUT2D eigenvalue weighted by molar-refractivity contribution is 0.452. The Bertz CT molecular complexity index is 85.0. The molecule has 1 fully saturated rings. The minimum atomic E-state index is 0.496. The van der Waals surface area contributed by atoms with E-state index < -0.39 is 0 Å². The summed E-state index contributed by atoms with van der Waals surface area (Å²) in [5, 5.41) is 0.855. The highest BCUT2D eigenvalue weighted by atomic mass is 32.2. The molecule has 1 aliphatic carbocycles. The number of hydrogen-bond donors (Lipinski definition) is 1. The summed E-state index contributed by atoms with van der Waals surface area (Å²) in [4.78, 5) is 0. The van der Waals surface area contributed by atoms with Gasteiger partial charge < -0.3 is 5.73 Å². The average molecular weight is 145 g/mol. The van der Waals surface area contributed by atoms with Crippen LogP contribution in [-0.4, -0.2) is 17.5 Å². The van der Waals surface area contributed by atoms with Gasteiger partial charge in [0.2, 0.25) is 0 Å². The van der Waals surface area contributed by atoms with E-state index >= 15 is 0 Å². The molecule has 0 aromatic rings. The van der Waals surface area contributed by atoms with E-state index in [4.69, 9.17) is 5.73 Å². The van der Waals surface area contributed by atoms with Crippen LogP contribution >= 0.6 is 11.8 Å². The number of hydrogen-bond acceptors (Lipinski definition) is 2. The number of nitrogens with two attached hydrogens (primary N) is 1. The van der Waals surface area contributed by atoms with Gasteiger partial charge in [-0.1, -0.05) is 6.42 Å². The molecule has 9 heavy (non-hydrogen) atoms. The quantitative estimate of drug-likeness (QED) is 0.607. The highest BCUT2D eigenvalue weighted by Crippen LogP contribution is 2.25. The number of rotatable bonds is 1. The molecular weight excluding hydrogens is 130 g/mol. The number of thioether (sulfide) groups is 1. The Morgan fingerprint density at radius 1 is 1.44 bits per heavy atom. The van der Waals surface area contributed by atoms with E-state index in [0.717, 1.165) is 5.25 Å². The Morgan fingerprint density at radius 2 is 2.22 bits per heavy atom. The van der Waals surface area contributed by atoms with Crippen LogP contribution in [0.3, 0.4) is 0 Å². The Kier molecular flexibility index (Phi) is 2.86. The predicted octanol–water partition coefficient (Wildman–Crippen LogP) is 1.62. The predicted molar refractivity (Wildman–Crippen MR) is 43.7 cm³/mol. The zero-order chi connectivity index (χ0) is 6.69. The lowest BCUT2D eigenvalue weighted by Crippen LogP contribution is -2.28. The molecule has 0 aromatic carbocycles. The molecular formula is C7H15NS. The van der Waals surface area contributed by atoms with E-state index in [2.05, 4.69) is 6.26 Å². The summed E-state index contributed by atoms with van der Waals surface area (Å²) in [5.41, 5.74) is 5.79. The molecule has 0 aromatic heterocycles. The van der Waals surface area contributed by atoms with E-state index in [-0.39, 0.29) is 0 Å². The van der Waals surface area contributed by atoms with Crippen LogP contribution in [0, 0.1) is 0 Å². The topological polar surface area (TPSA) is 26.0 Å². The molecule has 2 heteroatoms. The normalized spacial score (nSPS) is 36.7. The van der Waals surface area contributed by atoms with Crippen molar-refractivity contribution in [3.8, 4) is 0 Å². The third-order valence-corrected chi connectivity index (χ3v) is 3.09. The van der Waals surface area contributed by atoms with Gasteiger partial charge >= 0.3 is 0 Å². The highest BCUT2D eigenvalue weighted by molar-refractivity contribution is 7.99. The lowest BCUT2D eigenvalue weighted by atomic mass is 9.96. The minimum absolute atomic E-state index is 0.496. The SMILES string of the molecule is CS[C@H]1CCC[C@@H](N)C1. The van der Waals surface area contributed by atoms with Crippen molar-refractivity contribution in [1.82, 2.24) is 0 Å². The molecule has 1 rings (SSSR count). The molecule has 2 N–H and O–H groups in total. The van der Waals surface area contributed by atoms with Crippen molar-refractivity contribution in [1.29, 1.82) is 0 Å². The fraction of sp³-hybridized carbons (Fsp3) is 1.00. The summed E-state index contributed by atoms with van der Waals surface area (Å²) in [6.07, 6.45) is 7.39. The Balaban J connectivity index is 2.23. The smallest absolute Gasteiger partial charge is 0.00590 e. The third kappa shape index (κ3) is 2.18. The van der Waals surface area contributed by atoms with Crippen LogP contribution in [0.4, 0.5) is 0 Å². The summed E-state index contributed by atoms with van der Waals surface area (Å²) in [6, 6.07) is 0.496. The van der Waals surface area contributed by atoms with Crippen molar-refractivity contribution < 1.29 is 0 Å². The second-order valence-corrected chi connectivity index (χ2v) is 3.92. The molecule has 0 spiro atoms.